The van der Waals surface area contributed by atoms with E-state index in [1.165, 1.54) is 31.4 Å². The van der Waals surface area contributed by atoms with Crippen molar-refractivity contribution in [2.24, 2.45) is 5.92 Å². The summed E-state index contributed by atoms with van der Waals surface area (Å²) in [6.45, 7) is 0. The third-order valence-corrected chi connectivity index (χ3v) is 6.05. The minimum absolute atomic E-state index is 0.00143. The summed E-state index contributed by atoms with van der Waals surface area (Å²) in [4.78, 5) is 12.8. The second kappa shape index (κ2) is 7.22. The van der Waals surface area contributed by atoms with Gasteiger partial charge in [-0.05, 0) is 55.9 Å². The van der Waals surface area contributed by atoms with Crippen LogP contribution in [-0.4, -0.2) is 20.8 Å². The smallest absolute Gasteiger partial charge is 0.163 e. The zero-order chi connectivity index (χ0) is 18.9. The molecule has 2 fully saturated rings. The molecule has 0 unspecified atom stereocenters. The molecule has 5 nitrogen and oxygen atoms in total. The molecule has 2 aliphatic carbocycles. The van der Waals surface area contributed by atoms with Crippen LogP contribution in [0.4, 0.5) is 4.39 Å². The number of carbonyl (C=O) groups excluding carboxylic acids is 1. The quantitative estimate of drug-likeness (QED) is 0.712. The van der Waals surface area contributed by atoms with Gasteiger partial charge in [-0.2, -0.15) is 5.26 Å². The second-order valence-corrected chi connectivity index (χ2v) is 7.87. The van der Waals surface area contributed by atoms with Crippen LogP contribution in [0, 0.1) is 23.1 Å². The molecule has 0 spiro atoms. The average molecular weight is 366 g/mol. The molecule has 0 saturated heterocycles. The third kappa shape index (κ3) is 3.64. The first kappa shape index (κ1) is 17.8. The van der Waals surface area contributed by atoms with E-state index in [1.54, 1.807) is 16.8 Å². The average Bonchev–Trinajstić information content (AvgIpc) is 3.36. The molecule has 2 aromatic rings. The van der Waals surface area contributed by atoms with Gasteiger partial charge in [0.15, 0.2) is 11.3 Å². The summed E-state index contributed by atoms with van der Waals surface area (Å²) in [7, 11) is 0. The van der Waals surface area contributed by atoms with Crippen molar-refractivity contribution in [3.05, 3.63) is 47.5 Å². The standard InChI is InChI=1S/C21H23FN4O/c22-17-8-6-16(7-9-17)20(27)12-18(15-4-2-1-3-5-15)19-13-26(25-24-19)21(14-23)10-11-21/h6-9,13,15,18H,1-5,10-12H2/t18-/m0/s1. The fourth-order valence-corrected chi connectivity index (χ4v) is 4.17. The number of Topliss-reactive ketones (excluding diaryl/α,β-unsaturated/α-hetero) is 1. The number of rotatable bonds is 6. The van der Waals surface area contributed by atoms with Crippen LogP contribution in [-0.2, 0) is 5.54 Å². The van der Waals surface area contributed by atoms with Crippen LogP contribution >= 0.6 is 0 Å². The van der Waals surface area contributed by atoms with Gasteiger partial charge in [0.2, 0.25) is 0 Å². The van der Waals surface area contributed by atoms with Crippen molar-refractivity contribution >= 4 is 5.78 Å². The highest BCUT2D eigenvalue weighted by Crippen LogP contribution is 2.43. The molecule has 1 aromatic heterocycles. The summed E-state index contributed by atoms with van der Waals surface area (Å²) in [5, 5.41) is 18.0. The van der Waals surface area contributed by atoms with Gasteiger partial charge >= 0.3 is 0 Å². The highest BCUT2D eigenvalue weighted by molar-refractivity contribution is 5.96. The normalized spacial score (nSPS) is 20.0. The summed E-state index contributed by atoms with van der Waals surface area (Å²) < 4.78 is 14.8. The molecule has 6 heteroatoms. The lowest BCUT2D eigenvalue weighted by molar-refractivity contribution is 0.0957. The first-order chi connectivity index (χ1) is 13.1. The number of benzene rings is 1. The molecule has 1 heterocycles. The van der Waals surface area contributed by atoms with Crippen molar-refractivity contribution < 1.29 is 9.18 Å². The van der Waals surface area contributed by atoms with Crippen LogP contribution in [0.1, 0.15) is 73.3 Å². The van der Waals surface area contributed by atoms with Crippen LogP contribution in [0.15, 0.2) is 30.5 Å². The molecular weight excluding hydrogens is 343 g/mol. The zero-order valence-electron chi connectivity index (χ0n) is 15.3. The van der Waals surface area contributed by atoms with Crippen molar-refractivity contribution in [1.29, 1.82) is 5.26 Å². The summed E-state index contributed by atoms with van der Waals surface area (Å²) in [6.07, 6.45) is 9.55. The summed E-state index contributed by atoms with van der Waals surface area (Å²) in [6, 6.07) is 8.06. The molecule has 4 rings (SSSR count). The number of hydrogen-bond donors (Lipinski definition) is 0. The highest BCUT2D eigenvalue weighted by Gasteiger charge is 2.47. The first-order valence-corrected chi connectivity index (χ1v) is 9.74. The topological polar surface area (TPSA) is 71.6 Å². The van der Waals surface area contributed by atoms with Gasteiger partial charge in [-0.15, -0.1) is 5.10 Å². The Hall–Kier alpha value is -2.55. The van der Waals surface area contributed by atoms with E-state index in [1.807, 2.05) is 6.20 Å². The predicted octanol–water partition coefficient (Wildman–Crippen LogP) is 4.37. The number of halogens is 1. The SMILES string of the molecule is N#CC1(n2cc([C@@H](CC(=O)c3ccc(F)cc3)C3CCCCC3)nn2)CC1. The molecule has 27 heavy (non-hydrogen) atoms. The Morgan fingerprint density at radius 2 is 1.96 bits per heavy atom. The van der Waals surface area contributed by atoms with Crippen LogP contribution in [0.3, 0.4) is 0 Å². The van der Waals surface area contributed by atoms with Crippen molar-refractivity contribution in [3.8, 4) is 6.07 Å². The summed E-state index contributed by atoms with van der Waals surface area (Å²) in [5.74, 6) is 0.0442. The Morgan fingerprint density at radius 1 is 1.26 bits per heavy atom. The van der Waals surface area contributed by atoms with Gasteiger partial charge in [-0.3, -0.25) is 4.79 Å². The molecule has 0 radical (unpaired) electrons. The Bertz CT molecular complexity index is 857. The van der Waals surface area contributed by atoms with E-state index in [-0.39, 0.29) is 17.5 Å². The van der Waals surface area contributed by atoms with Gasteiger partial charge < -0.3 is 0 Å². The Kier molecular flexibility index (Phi) is 4.77. The molecule has 0 amide bonds. The Balaban J connectivity index is 1.58. The number of nitriles is 1. The molecule has 140 valence electrons. The van der Waals surface area contributed by atoms with Gasteiger partial charge in [0.25, 0.3) is 0 Å². The number of aromatic nitrogens is 3. The van der Waals surface area contributed by atoms with Gasteiger partial charge in [0.1, 0.15) is 5.82 Å². The van der Waals surface area contributed by atoms with E-state index in [4.69, 9.17) is 0 Å². The summed E-state index contributed by atoms with van der Waals surface area (Å²) >= 11 is 0. The molecule has 2 aliphatic rings. The molecule has 0 N–H and O–H groups in total. The largest absolute Gasteiger partial charge is 0.294 e. The number of nitrogens with zero attached hydrogens (tertiary/aromatic N) is 4. The van der Waals surface area contributed by atoms with Gasteiger partial charge in [-0.1, -0.05) is 24.5 Å². The van der Waals surface area contributed by atoms with Crippen LogP contribution in [0.2, 0.25) is 0 Å². The van der Waals surface area contributed by atoms with Crippen molar-refractivity contribution in [1.82, 2.24) is 15.0 Å². The minimum Gasteiger partial charge on any atom is -0.294 e. The molecule has 1 atom stereocenters. The second-order valence-electron chi connectivity index (χ2n) is 7.87. The monoisotopic (exact) mass is 366 g/mol. The van der Waals surface area contributed by atoms with E-state index in [2.05, 4.69) is 16.4 Å². The zero-order valence-corrected chi connectivity index (χ0v) is 15.3. The van der Waals surface area contributed by atoms with Crippen molar-refractivity contribution in [3.63, 3.8) is 0 Å². The molecular formula is C21H23FN4O. The Labute approximate surface area is 158 Å². The maximum absolute atomic E-state index is 13.2. The molecule has 1 aromatic carbocycles. The molecule has 0 bridgehead atoms. The van der Waals surface area contributed by atoms with Gasteiger partial charge in [0, 0.05) is 17.9 Å². The van der Waals surface area contributed by atoms with E-state index < -0.39 is 5.54 Å². The van der Waals surface area contributed by atoms with Crippen LogP contribution in [0.25, 0.3) is 0 Å². The van der Waals surface area contributed by atoms with E-state index in [9.17, 15) is 14.4 Å². The maximum atomic E-state index is 13.2. The van der Waals surface area contributed by atoms with E-state index in [0.29, 0.717) is 17.9 Å². The number of hydrogen-bond acceptors (Lipinski definition) is 4. The number of carbonyl (C=O) groups is 1. The first-order valence-electron chi connectivity index (χ1n) is 9.74. The predicted molar refractivity (Wildman–Crippen MR) is 97.5 cm³/mol. The lowest BCUT2D eigenvalue weighted by Crippen LogP contribution is -2.20. The summed E-state index contributed by atoms with van der Waals surface area (Å²) in [5.41, 5.74) is 0.794. The fourth-order valence-electron chi connectivity index (χ4n) is 4.17. The van der Waals surface area contributed by atoms with Crippen LogP contribution in [0.5, 0.6) is 0 Å². The molecule has 2 saturated carbocycles. The van der Waals surface area contributed by atoms with Crippen molar-refractivity contribution in [2.75, 3.05) is 0 Å². The number of ketones is 1. The van der Waals surface area contributed by atoms with Gasteiger partial charge in [0.05, 0.1) is 18.0 Å². The third-order valence-electron chi connectivity index (χ3n) is 6.05. The Morgan fingerprint density at radius 3 is 2.59 bits per heavy atom. The maximum Gasteiger partial charge on any atom is 0.163 e. The highest BCUT2D eigenvalue weighted by atomic mass is 19.1. The lowest BCUT2D eigenvalue weighted by Gasteiger charge is -2.28. The van der Waals surface area contributed by atoms with Crippen molar-refractivity contribution in [2.45, 2.75) is 62.8 Å². The van der Waals surface area contributed by atoms with Gasteiger partial charge in [-0.25, -0.2) is 9.07 Å². The fraction of sp³-hybridized carbons (Fsp3) is 0.524. The minimum atomic E-state index is -0.538. The van der Waals surface area contributed by atoms with E-state index >= 15 is 0 Å². The van der Waals surface area contributed by atoms with Crippen LogP contribution < -0.4 is 0 Å². The van der Waals surface area contributed by atoms with E-state index in [0.717, 1.165) is 31.4 Å². The lowest BCUT2D eigenvalue weighted by atomic mass is 9.76. The molecule has 0 aliphatic heterocycles.